The molecule has 2 fully saturated rings. The van der Waals surface area contributed by atoms with Gasteiger partial charge in [0.1, 0.15) is 11.9 Å². The Morgan fingerprint density at radius 1 is 1.31 bits per heavy atom. The first-order valence-corrected chi connectivity index (χ1v) is 9.60. The Morgan fingerprint density at radius 2 is 2.08 bits per heavy atom. The quantitative estimate of drug-likeness (QED) is 0.871. The van der Waals surface area contributed by atoms with Crippen LogP contribution < -0.4 is 0 Å². The maximum Gasteiger partial charge on any atom is 0.236 e. The molecular weight excluding hydrogens is 335 g/mol. The summed E-state index contributed by atoms with van der Waals surface area (Å²) in [5.74, 6) is -0.162. The largest absolute Gasteiger partial charge is 0.393 e. The predicted octanol–water partition coefficient (Wildman–Crippen LogP) is 2.35. The van der Waals surface area contributed by atoms with Crippen molar-refractivity contribution in [3.05, 3.63) is 35.6 Å². The van der Waals surface area contributed by atoms with Gasteiger partial charge in [0.05, 0.1) is 25.8 Å². The van der Waals surface area contributed by atoms with E-state index < -0.39 is 0 Å². The van der Waals surface area contributed by atoms with Crippen LogP contribution in [0.5, 0.6) is 0 Å². The van der Waals surface area contributed by atoms with Gasteiger partial charge in [0, 0.05) is 12.6 Å². The lowest BCUT2D eigenvalue weighted by molar-refractivity contribution is -0.141. The number of amides is 1. The van der Waals surface area contributed by atoms with E-state index in [4.69, 9.17) is 4.74 Å². The molecule has 144 valence electrons. The summed E-state index contributed by atoms with van der Waals surface area (Å²) < 4.78 is 18.9. The molecule has 0 saturated carbocycles. The van der Waals surface area contributed by atoms with Crippen molar-refractivity contribution in [3.63, 3.8) is 0 Å². The van der Waals surface area contributed by atoms with E-state index in [1.54, 1.807) is 12.1 Å². The highest BCUT2D eigenvalue weighted by Crippen LogP contribution is 2.24. The lowest BCUT2D eigenvalue weighted by Crippen LogP contribution is -2.50. The molecule has 2 heterocycles. The molecule has 3 rings (SSSR count). The molecule has 0 unspecified atom stereocenters. The number of hydrogen-bond donors (Lipinski definition) is 1. The summed E-state index contributed by atoms with van der Waals surface area (Å²) in [4.78, 5) is 16.9. The number of nitrogens with zero attached hydrogens (tertiary/aromatic N) is 2. The maximum absolute atomic E-state index is 13.1. The van der Waals surface area contributed by atoms with E-state index in [1.807, 2.05) is 11.8 Å². The zero-order valence-corrected chi connectivity index (χ0v) is 15.4. The van der Waals surface area contributed by atoms with E-state index in [2.05, 4.69) is 4.90 Å². The lowest BCUT2D eigenvalue weighted by atomic mass is 9.97. The summed E-state index contributed by atoms with van der Waals surface area (Å²) >= 11 is 0. The minimum atomic E-state index is -0.345. The van der Waals surface area contributed by atoms with Crippen molar-refractivity contribution in [2.24, 2.45) is 0 Å². The van der Waals surface area contributed by atoms with Gasteiger partial charge in [0.25, 0.3) is 0 Å². The van der Waals surface area contributed by atoms with Gasteiger partial charge in [0.15, 0.2) is 0 Å². The number of aliphatic hydroxyl groups excluding tert-OH is 1. The number of halogens is 1. The standard InChI is InChI=1S/C20H29FN2O3/c1-15(24)12-18-4-2-3-9-22(18)14-20(25)23-10-11-26-19(13-23)16-5-7-17(21)8-6-16/h5-8,15,18-19,24H,2-4,9-14H2,1H3/t15-,18+,19-/m0/s1. The van der Waals surface area contributed by atoms with Crippen LogP contribution in [0.3, 0.4) is 0 Å². The summed E-state index contributed by atoms with van der Waals surface area (Å²) in [6.07, 6.45) is 3.47. The third-order valence-electron chi connectivity index (χ3n) is 5.36. The third-order valence-corrected chi connectivity index (χ3v) is 5.36. The van der Waals surface area contributed by atoms with Crippen LogP contribution in [-0.4, -0.2) is 65.7 Å². The molecule has 0 spiro atoms. The SMILES string of the molecule is C[C@H](O)C[C@H]1CCCCN1CC(=O)N1CCO[C@H](c2ccc(F)cc2)C1. The molecule has 1 amide bonds. The Hall–Kier alpha value is -1.50. The van der Waals surface area contributed by atoms with E-state index in [0.29, 0.717) is 32.7 Å². The zero-order chi connectivity index (χ0) is 18.5. The van der Waals surface area contributed by atoms with Crippen molar-refractivity contribution in [1.29, 1.82) is 0 Å². The summed E-state index contributed by atoms with van der Waals surface area (Å²) in [6, 6.07) is 6.57. The molecule has 2 saturated heterocycles. The van der Waals surface area contributed by atoms with Crippen LogP contribution in [0.2, 0.25) is 0 Å². The fraction of sp³-hybridized carbons (Fsp3) is 0.650. The number of aliphatic hydroxyl groups is 1. The Balaban J connectivity index is 1.59. The number of likely N-dealkylation sites (tertiary alicyclic amines) is 1. The van der Waals surface area contributed by atoms with E-state index in [0.717, 1.165) is 31.4 Å². The smallest absolute Gasteiger partial charge is 0.236 e. The second kappa shape index (κ2) is 8.93. The first kappa shape index (κ1) is 19.3. The van der Waals surface area contributed by atoms with Crippen molar-refractivity contribution < 1.29 is 19.0 Å². The van der Waals surface area contributed by atoms with E-state index >= 15 is 0 Å². The highest BCUT2D eigenvalue weighted by atomic mass is 19.1. The van der Waals surface area contributed by atoms with Gasteiger partial charge in [0.2, 0.25) is 5.91 Å². The number of rotatable bonds is 5. The molecule has 0 aliphatic carbocycles. The zero-order valence-electron chi connectivity index (χ0n) is 15.4. The maximum atomic E-state index is 13.1. The second-order valence-corrected chi connectivity index (χ2v) is 7.46. The summed E-state index contributed by atoms with van der Waals surface area (Å²) in [5, 5.41) is 9.72. The molecule has 1 aromatic carbocycles. The number of morpholine rings is 1. The van der Waals surface area contributed by atoms with Gasteiger partial charge in [-0.3, -0.25) is 9.69 Å². The Morgan fingerprint density at radius 3 is 2.81 bits per heavy atom. The van der Waals surface area contributed by atoms with Crippen LogP contribution in [0.1, 0.15) is 44.3 Å². The molecule has 26 heavy (non-hydrogen) atoms. The number of piperidine rings is 1. The molecular formula is C20H29FN2O3. The van der Waals surface area contributed by atoms with Gasteiger partial charge >= 0.3 is 0 Å². The van der Waals surface area contributed by atoms with Crippen LogP contribution >= 0.6 is 0 Å². The van der Waals surface area contributed by atoms with E-state index in [9.17, 15) is 14.3 Å². The molecule has 1 aromatic rings. The third kappa shape index (κ3) is 5.02. The molecule has 2 aliphatic heterocycles. The summed E-state index contributed by atoms with van der Waals surface area (Å²) in [6.45, 7) is 4.70. The molecule has 0 aromatic heterocycles. The van der Waals surface area contributed by atoms with Crippen LogP contribution in [-0.2, 0) is 9.53 Å². The van der Waals surface area contributed by atoms with Crippen molar-refractivity contribution in [2.75, 3.05) is 32.8 Å². The normalized spacial score (nSPS) is 25.9. The van der Waals surface area contributed by atoms with Gasteiger partial charge in [-0.25, -0.2) is 4.39 Å². The summed E-state index contributed by atoms with van der Waals surface area (Å²) in [7, 11) is 0. The molecule has 0 radical (unpaired) electrons. The minimum absolute atomic E-state index is 0.109. The monoisotopic (exact) mass is 364 g/mol. The van der Waals surface area contributed by atoms with Crippen molar-refractivity contribution in [3.8, 4) is 0 Å². The fourth-order valence-corrected chi connectivity index (χ4v) is 3.96. The predicted molar refractivity (Wildman–Crippen MR) is 97.2 cm³/mol. The lowest BCUT2D eigenvalue weighted by Gasteiger charge is -2.39. The summed E-state index contributed by atoms with van der Waals surface area (Å²) in [5.41, 5.74) is 0.897. The topological polar surface area (TPSA) is 53.0 Å². The highest BCUT2D eigenvalue weighted by Gasteiger charge is 2.30. The van der Waals surface area contributed by atoms with E-state index in [-0.39, 0.29) is 30.0 Å². The molecule has 0 bridgehead atoms. The Labute approximate surface area is 154 Å². The van der Waals surface area contributed by atoms with Crippen LogP contribution in [0.15, 0.2) is 24.3 Å². The molecule has 2 aliphatic rings. The van der Waals surface area contributed by atoms with Crippen LogP contribution in [0.4, 0.5) is 4.39 Å². The molecule has 3 atom stereocenters. The number of carbonyl (C=O) groups is 1. The van der Waals surface area contributed by atoms with Gasteiger partial charge in [-0.15, -0.1) is 0 Å². The average Bonchev–Trinajstić information content (AvgIpc) is 2.63. The van der Waals surface area contributed by atoms with Crippen molar-refractivity contribution >= 4 is 5.91 Å². The fourth-order valence-electron chi connectivity index (χ4n) is 3.96. The van der Waals surface area contributed by atoms with E-state index in [1.165, 1.54) is 12.1 Å². The number of hydrogen-bond acceptors (Lipinski definition) is 4. The first-order valence-electron chi connectivity index (χ1n) is 9.60. The Kier molecular flexibility index (Phi) is 6.62. The Bertz CT molecular complexity index is 593. The highest BCUT2D eigenvalue weighted by molar-refractivity contribution is 5.78. The van der Waals surface area contributed by atoms with Crippen molar-refractivity contribution in [1.82, 2.24) is 9.80 Å². The van der Waals surface area contributed by atoms with Gasteiger partial charge in [-0.2, -0.15) is 0 Å². The van der Waals surface area contributed by atoms with Gasteiger partial charge in [-0.05, 0) is 50.4 Å². The number of ether oxygens (including phenoxy) is 1. The number of benzene rings is 1. The van der Waals surface area contributed by atoms with Crippen LogP contribution in [0, 0.1) is 5.82 Å². The van der Waals surface area contributed by atoms with Crippen molar-refractivity contribution in [2.45, 2.75) is 50.9 Å². The minimum Gasteiger partial charge on any atom is -0.393 e. The van der Waals surface area contributed by atoms with Crippen LogP contribution in [0.25, 0.3) is 0 Å². The van der Waals surface area contributed by atoms with Gasteiger partial charge in [-0.1, -0.05) is 18.6 Å². The average molecular weight is 364 g/mol. The number of carbonyl (C=O) groups excluding carboxylic acids is 1. The first-order chi connectivity index (χ1) is 12.5. The second-order valence-electron chi connectivity index (χ2n) is 7.46. The van der Waals surface area contributed by atoms with Gasteiger partial charge < -0.3 is 14.7 Å². The molecule has 1 N–H and O–H groups in total. The molecule has 6 heteroatoms. The molecule has 5 nitrogen and oxygen atoms in total.